The Balaban J connectivity index is 1.41. The normalized spacial score (nSPS) is 14.4. The number of para-hydroxylation sites is 2. The first-order valence-electron chi connectivity index (χ1n) is 8.97. The number of piperazine rings is 1. The molecular formula is C19H20N6O2. The van der Waals surface area contributed by atoms with Gasteiger partial charge in [-0.15, -0.1) is 10.2 Å². The minimum absolute atomic E-state index is 0.227. The van der Waals surface area contributed by atoms with Crippen molar-refractivity contribution >= 4 is 28.6 Å². The van der Waals surface area contributed by atoms with Gasteiger partial charge in [-0.05, 0) is 31.2 Å². The topological polar surface area (TPSA) is 84.3 Å². The maximum absolute atomic E-state index is 11.7. The van der Waals surface area contributed by atoms with Gasteiger partial charge in [0.05, 0.1) is 23.8 Å². The maximum Gasteiger partial charge on any atom is 0.358 e. The average Bonchev–Trinajstić information content (AvgIpc) is 2.74. The molecule has 1 fully saturated rings. The monoisotopic (exact) mass is 364 g/mol. The second-order valence-electron chi connectivity index (χ2n) is 6.19. The van der Waals surface area contributed by atoms with Gasteiger partial charge >= 0.3 is 5.97 Å². The summed E-state index contributed by atoms with van der Waals surface area (Å²) in [4.78, 5) is 25.2. The molecule has 0 spiro atoms. The molecule has 0 radical (unpaired) electrons. The van der Waals surface area contributed by atoms with Crippen LogP contribution in [0.4, 0.5) is 11.6 Å². The van der Waals surface area contributed by atoms with Crippen molar-refractivity contribution in [1.82, 2.24) is 20.2 Å². The predicted molar refractivity (Wildman–Crippen MR) is 102 cm³/mol. The number of hydrogen-bond donors (Lipinski definition) is 0. The van der Waals surface area contributed by atoms with E-state index in [1.165, 1.54) is 0 Å². The van der Waals surface area contributed by atoms with Gasteiger partial charge < -0.3 is 14.5 Å². The van der Waals surface area contributed by atoms with Crippen molar-refractivity contribution in [2.24, 2.45) is 0 Å². The van der Waals surface area contributed by atoms with Crippen molar-refractivity contribution in [3.63, 3.8) is 0 Å². The third-order valence-corrected chi connectivity index (χ3v) is 4.50. The third kappa shape index (κ3) is 3.64. The van der Waals surface area contributed by atoms with E-state index in [4.69, 9.17) is 9.72 Å². The molecule has 4 rings (SSSR count). The summed E-state index contributed by atoms with van der Waals surface area (Å²) in [5, 5.41) is 8.15. The fourth-order valence-corrected chi connectivity index (χ4v) is 3.07. The summed E-state index contributed by atoms with van der Waals surface area (Å²) in [6, 6.07) is 11.3. The molecule has 1 saturated heterocycles. The molecule has 3 heterocycles. The van der Waals surface area contributed by atoms with Crippen molar-refractivity contribution in [2.45, 2.75) is 6.92 Å². The average molecular weight is 364 g/mol. The van der Waals surface area contributed by atoms with Crippen LogP contribution in [0.25, 0.3) is 11.0 Å². The largest absolute Gasteiger partial charge is 0.461 e. The summed E-state index contributed by atoms with van der Waals surface area (Å²) in [5.74, 6) is 1.20. The van der Waals surface area contributed by atoms with Gasteiger partial charge in [-0.25, -0.2) is 9.78 Å². The lowest BCUT2D eigenvalue weighted by molar-refractivity contribution is 0.0518. The van der Waals surface area contributed by atoms with Crippen LogP contribution in [0.15, 0.2) is 42.6 Å². The second kappa shape index (κ2) is 7.53. The van der Waals surface area contributed by atoms with E-state index in [1.54, 1.807) is 13.0 Å². The minimum Gasteiger partial charge on any atom is -0.461 e. The Hall–Kier alpha value is -3.29. The molecule has 1 aliphatic rings. The van der Waals surface area contributed by atoms with E-state index >= 15 is 0 Å². The molecule has 3 aromatic rings. The number of benzene rings is 1. The number of esters is 1. The van der Waals surface area contributed by atoms with Crippen molar-refractivity contribution in [3.05, 3.63) is 48.3 Å². The Bertz CT molecular complexity index is 938. The molecule has 0 bridgehead atoms. The van der Waals surface area contributed by atoms with Crippen LogP contribution in [0.2, 0.25) is 0 Å². The molecule has 0 amide bonds. The van der Waals surface area contributed by atoms with Gasteiger partial charge in [0.1, 0.15) is 5.82 Å². The van der Waals surface area contributed by atoms with Gasteiger partial charge in [-0.3, -0.25) is 4.98 Å². The molecule has 0 unspecified atom stereocenters. The molecule has 27 heavy (non-hydrogen) atoms. The van der Waals surface area contributed by atoms with Gasteiger partial charge in [0.2, 0.25) is 0 Å². The minimum atomic E-state index is -0.448. The molecule has 8 heteroatoms. The zero-order valence-corrected chi connectivity index (χ0v) is 15.1. The molecule has 2 aromatic heterocycles. The van der Waals surface area contributed by atoms with E-state index in [1.807, 2.05) is 36.5 Å². The number of carbonyl (C=O) groups is 1. The number of nitrogens with zero attached hydrogens (tertiary/aromatic N) is 6. The third-order valence-electron chi connectivity index (χ3n) is 4.50. The highest BCUT2D eigenvalue weighted by Crippen LogP contribution is 2.19. The quantitative estimate of drug-likeness (QED) is 0.649. The Labute approximate surface area is 156 Å². The van der Waals surface area contributed by atoms with Crippen LogP contribution in [0.1, 0.15) is 17.4 Å². The molecule has 1 aliphatic heterocycles. The number of aromatic nitrogens is 4. The summed E-state index contributed by atoms with van der Waals surface area (Å²) in [6.45, 7) is 5.30. The first-order valence-corrected chi connectivity index (χ1v) is 8.97. The highest BCUT2D eigenvalue weighted by Gasteiger charge is 2.20. The van der Waals surface area contributed by atoms with Crippen molar-refractivity contribution in [3.8, 4) is 0 Å². The molecular weight excluding hydrogens is 344 g/mol. The van der Waals surface area contributed by atoms with Crippen LogP contribution >= 0.6 is 0 Å². The summed E-state index contributed by atoms with van der Waals surface area (Å²) >= 11 is 0. The Morgan fingerprint density at radius 3 is 2.33 bits per heavy atom. The molecule has 0 atom stereocenters. The van der Waals surface area contributed by atoms with Crippen molar-refractivity contribution in [2.75, 3.05) is 42.6 Å². The number of rotatable bonds is 4. The fourth-order valence-electron chi connectivity index (χ4n) is 3.07. The van der Waals surface area contributed by atoms with Gasteiger partial charge in [-0.2, -0.15) is 0 Å². The Kier molecular flexibility index (Phi) is 4.78. The van der Waals surface area contributed by atoms with E-state index < -0.39 is 5.97 Å². The SMILES string of the molecule is CCOC(=O)c1ccc(N2CCN(c3cnc4ccccc4n3)CC2)nn1. The van der Waals surface area contributed by atoms with Crippen LogP contribution < -0.4 is 9.80 Å². The molecule has 1 aromatic carbocycles. The van der Waals surface area contributed by atoms with Crippen LogP contribution in [0.5, 0.6) is 0 Å². The van der Waals surface area contributed by atoms with E-state index in [0.717, 1.165) is 48.8 Å². The summed E-state index contributed by atoms with van der Waals surface area (Å²) in [6.07, 6.45) is 1.83. The van der Waals surface area contributed by atoms with Gasteiger partial charge in [0.15, 0.2) is 11.5 Å². The second-order valence-corrected chi connectivity index (χ2v) is 6.19. The standard InChI is InChI=1S/C19H20N6O2/c1-2-27-19(26)16-7-8-17(23-22-16)24-9-11-25(12-10-24)18-13-20-14-5-3-4-6-15(14)21-18/h3-8,13H,2,9-12H2,1H3. The zero-order chi connectivity index (χ0) is 18.6. The molecule has 8 nitrogen and oxygen atoms in total. The van der Waals surface area contributed by atoms with Crippen molar-refractivity contribution < 1.29 is 9.53 Å². The van der Waals surface area contributed by atoms with E-state index in [-0.39, 0.29) is 5.69 Å². The molecule has 0 aliphatic carbocycles. The first-order chi connectivity index (χ1) is 13.2. The fraction of sp³-hybridized carbons (Fsp3) is 0.316. The number of carbonyl (C=O) groups excluding carboxylic acids is 1. The van der Waals surface area contributed by atoms with Crippen LogP contribution in [-0.2, 0) is 4.74 Å². The van der Waals surface area contributed by atoms with E-state index in [9.17, 15) is 4.79 Å². The zero-order valence-electron chi connectivity index (χ0n) is 15.1. The predicted octanol–water partition coefficient (Wildman–Crippen LogP) is 1.92. The highest BCUT2D eigenvalue weighted by atomic mass is 16.5. The lowest BCUT2D eigenvalue weighted by atomic mass is 10.3. The number of fused-ring (bicyclic) bond motifs is 1. The van der Waals surface area contributed by atoms with Crippen molar-refractivity contribution in [1.29, 1.82) is 0 Å². The van der Waals surface area contributed by atoms with Crippen LogP contribution in [0.3, 0.4) is 0 Å². The molecule has 138 valence electrons. The van der Waals surface area contributed by atoms with Gasteiger partial charge in [-0.1, -0.05) is 12.1 Å². The van der Waals surface area contributed by atoms with Gasteiger partial charge in [0, 0.05) is 26.2 Å². The smallest absolute Gasteiger partial charge is 0.358 e. The van der Waals surface area contributed by atoms with Crippen LogP contribution in [-0.4, -0.2) is 58.9 Å². The lowest BCUT2D eigenvalue weighted by Gasteiger charge is -2.35. The Morgan fingerprint density at radius 2 is 1.67 bits per heavy atom. The number of hydrogen-bond acceptors (Lipinski definition) is 8. The molecule has 0 saturated carbocycles. The summed E-state index contributed by atoms with van der Waals surface area (Å²) in [5.41, 5.74) is 2.03. The number of anilines is 2. The lowest BCUT2D eigenvalue weighted by Crippen LogP contribution is -2.47. The van der Waals surface area contributed by atoms with E-state index in [2.05, 4.69) is 25.0 Å². The maximum atomic E-state index is 11.7. The highest BCUT2D eigenvalue weighted by molar-refractivity contribution is 5.87. The first kappa shape index (κ1) is 17.1. The summed E-state index contributed by atoms with van der Waals surface area (Å²) < 4.78 is 4.93. The molecule has 0 N–H and O–H groups in total. The van der Waals surface area contributed by atoms with Crippen LogP contribution in [0, 0.1) is 0 Å². The Morgan fingerprint density at radius 1 is 0.963 bits per heavy atom. The van der Waals surface area contributed by atoms with Gasteiger partial charge in [0.25, 0.3) is 0 Å². The van der Waals surface area contributed by atoms with E-state index in [0.29, 0.717) is 6.61 Å². The summed E-state index contributed by atoms with van der Waals surface area (Å²) in [7, 11) is 0. The number of ether oxygens (including phenoxy) is 1.